The Kier molecular flexibility index (Phi) is 6.36. The van der Waals surface area contributed by atoms with Crippen LogP contribution >= 0.6 is 46.2 Å². The molecule has 3 rings (SSSR count). The quantitative estimate of drug-likeness (QED) is 0.566. The van der Waals surface area contributed by atoms with Crippen molar-refractivity contribution in [3.05, 3.63) is 46.5 Å². The van der Waals surface area contributed by atoms with Gasteiger partial charge >= 0.3 is 0 Å². The van der Waals surface area contributed by atoms with Crippen molar-refractivity contribution in [3.8, 4) is 0 Å². The van der Waals surface area contributed by atoms with E-state index in [1.54, 1.807) is 29.4 Å². The first-order chi connectivity index (χ1) is 11.7. The second-order valence-corrected chi connectivity index (χ2v) is 9.25. The van der Waals surface area contributed by atoms with Crippen LogP contribution in [-0.2, 0) is 10.5 Å². The molecule has 1 atom stereocenters. The maximum atomic E-state index is 12.0. The summed E-state index contributed by atoms with van der Waals surface area (Å²) in [7, 11) is 0. The van der Waals surface area contributed by atoms with Gasteiger partial charge in [0.2, 0.25) is 5.91 Å². The summed E-state index contributed by atoms with van der Waals surface area (Å²) >= 11 is 6.34. The summed E-state index contributed by atoms with van der Waals surface area (Å²) in [6.07, 6.45) is 1.60. The standard InChI is InChI=1S/C15H15N3O2S4/c1-10(12-5-2-6-20-12)16-13(19)9-23-15-18-17-14(24-15)22-8-11-4-3-7-21-11/h2-7,10H,8-9H2,1H3,(H,16,19)/t10-/m0/s1. The van der Waals surface area contributed by atoms with Crippen molar-refractivity contribution in [3.63, 3.8) is 0 Å². The zero-order valence-electron chi connectivity index (χ0n) is 12.8. The van der Waals surface area contributed by atoms with Crippen LogP contribution in [0.2, 0.25) is 0 Å². The summed E-state index contributed by atoms with van der Waals surface area (Å²) in [5, 5.41) is 13.3. The van der Waals surface area contributed by atoms with Gasteiger partial charge in [0.05, 0.1) is 18.1 Å². The number of nitrogens with one attached hydrogen (secondary N) is 1. The molecular formula is C15H15N3O2S4. The molecule has 0 aliphatic rings. The minimum atomic E-state index is -0.139. The fourth-order valence-electron chi connectivity index (χ4n) is 1.86. The highest BCUT2D eigenvalue weighted by molar-refractivity contribution is 8.03. The molecule has 0 saturated carbocycles. The van der Waals surface area contributed by atoms with Gasteiger partial charge in [-0.15, -0.1) is 21.5 Å². The van der Waals surface area contributed by atoms with Crippen LogP contribution in [0, 0.1) is 0 Å². The largest absolute Gasteiger partial charge is 0.467 e. The summed E-state index contributed by atoms with van der Waals surface area (Å²) < 4.78 is 7.01. The number of nitrogens with zero attached hydrogens (tertiary/aromatic N) is 2. The fourth-order valence-corrected chi connectivity index (χ4v) is 5.47. The van der Waals surface area contributed by atoms with Gasteiger partial charge in [0, 0.05) is 10.6 Å². The van der Waals surface area contributed by atoms with Crippen LogP contribution in [0.5, 0.6) is 0 Å². The number of hydrogen-bond donors (Lipinski definition) is 1. The summed E-state index contributed by atoms with van der Waals surface area (Å²) in [6, 6.07) is 7.67. The first kappa shape index (κ1) is 17.5. The van der Waals surface area contributed by atoms with E-state index in [1.807, 2.05) is 25.1 Å². The molecule has 0 radical (unpaired) electrons. The first-order valence-electron chi connectivity index (χ1n) is 7.15. The number of aromatic nitrogens is 2. The highest BCUT2D eigenvalue weighted by atomic mass is 32.2. The zero-order chi connectivity index (χ0) is 16.8. The van der Waals surface area contributed by atoms with Crippen molar-refractivity contribution in [1.29, 1.82) is 0 Å². The third-order valence-corrected chi connectivity index (χ3v) is 7.28. The van der Waals surface area contributed by atoms with E-state index in [-0.39, 0.29) is 11.9 Å². The maximum absolute atomic E-state index is 12.0. The molecular weight excluding hydrogens is 382 g/mol. The Morgan fingerprint density at radius 2 is 2.12 bits per heavy atom. The SMILES string of the molecule is C[C@H](NC(=O)CSc1nnc(SCc2cccs2)s1)c1ccco1. The van der Waals surface area contributed by atoms with E-state index in [4.69, 9.17) is 4.42 Å². The second-order valence-electron chi connectivity index (χ2n) is 4.80. The number of carbonyl (C=O) groups is 1. The van der Waals surface area contributed by atoms with Gasteiger partial charge in [0.1, 0.15) is 5.76 Å². The molecule has 0 unspecified atom stereocenters. The molecule has 3 heterocycles. The second kappa shape index (κ2) is 8.70. The summed E-state index contributed by atoms with van der Waals surface area (Å²) in [5.74, 6) is 1.91. The highest BCUT2D eigenvalue weighted by Gasteiger charge is 2.13. The van der Waals surface area contributed by atoms with Crippen LogP contribution in [0.3, 0.4) is 0 Å². The molecule has 126 valence electrons. The fraction of sp³-hybridized carbons (Fsp3) is 0.267. The Balaban J connectivity index is 1.42. The Hall–Kier alpha value is -1.29. The van der Waals surface area contributed by atoms with Crippen LogP contribution < -0.4 is 5.32 Å². The predicted octanol–water partition coefficient (Wildman–Crippen LogP) is 4.45. The Labute approximate surface area is 156 Å². The van der Waals surface area contributed by atoms with Crippen molar-refractivity contribution in [2.45, 2.75) is 27.4 Å². The summed E-state index contributed by atoms with van der Waals surface area (Å²) in [6.45, 7) is 1.89. The third-order valence-electron chi connectivity index (χ3n) is 2.98. The molecule has 0 spiro atoms. The highest BCUT2D eigenvalue weighted by Crippen LogP contribution is 2.31. The van der Waals surface area contributed by atoms with Crippen molar-refractivity contribution in [2.24, 2.45) is 0 Å². The van der Waals surface area contributed by atoms with E-state index in [1.165, 1.54) is 28.0 Å². The molecule has 0 aliphatic heterocycles. The lowest BCUT2D eigenvalue weighted by atomic mass is 10.2. The number of thiophene rings is 1. The van der Waals surface area contributed by atoms with Gasteiger partial charge in [0.25, 0.3) is 0 Å². The maximum Gasteiger partial charge on any atom is 0.231 e. The minimum Gasteiger partial charge on any atom is -0.467 e. The van der Waals surface area contributed by atoms with E-state index < -0.39 is 0 Å². The van der Waals surface area contributed by atoms with Crippen LogP contribution in [0.4, 0.5) is 0 Å². The van der Waals surface area contributed by atoms with Crippen LogP contribution in [0.25, 0.3) is 0 Å². The van der Waals surface area contributed by atoms with E-state index in [9.17, 15) is 4.79 Å². The number of carbonyl (C=O) groups excluding carboxylic acids is 1. The van der Waals surface area contributed by atoms with Crippen LogP contribution in [-0.4, -0.2) is 21.9 Å². The number of hydrogen-bond acceptors (Lipinski definition) is 8. The molecule has 5 nitrogen and oxygen atoms in total. The molecule has 0 fully saturated rings. The molecule has 1 N–H and O–H groups in total. The lowest BCUT2D eigenvalue weighted by molar-refractivity contribution is -0.119. The Bertz CT molecular complexity index is 756. The lowest BCUT2D eigenvalue weighted by Crippen LogP contribution is -2.27. The summed E-state index contributed by atoms with van der Waals surface area (Å²) in [4.78, 5) is 13.3. The number of furan rings is 1. The van der Waals surface area contributed by atoms with E-state index in [2.05, 4.69) is 27.0 Å². The molecule has 3 aromatic heterocycles. The summed E-state index contributed by atoms with van der Waals surface area (Å²) in [5.41, 5.74) is 0. The molecule has 0 bridgehead atoms. The number of thioether (sulfide) groups is 2. The topological polar surface area (TPSA) is 68.0 Å². The van der Waals surface area contributed by atoms with Gasteiger partial charge in [-0.2, -0.15) is 0 Å². The van der Waals surface area contributed by atoms with Gasteiger partial charge in [-0.3, -0.25) is 4.79 Å². The molecule has 9 heteroatoms. The van der Waals surface area contributed by atoms with Crippen molar-refractivity contribution >= 4 is 52.1 Å². The third kappa shape index (κ3) is 5.10. The molecule has 1 amide bonds. The predicted molar refractivity (Wildman–Crippen MR) is 99.8 cm³/mol. The molecule has 0 aromatic carbocycles. The minimum absolute atomic E-state index is 0.0492. The van der Waals surface area contributed by atoms with Gasteiger partial charge < -0.3 is 9.73 Å². The smallest absolute Gasteiger partial charge is 0.231 e. The van der Waals surface area contributed by atoms with Crippen molar-refractivity contribution in [1.82, 2.24) is 15.5 Å². The lowest BCUT2D eigenvalue weighted by Gasteiger charge is -2.10. The van der Waals surface area contributed by atoms with Crippen molar-refractivity contribution < 1.29 is 9.21 Å². The van der Waals surface area contributed by atoms with Gasteiger partial charge in [0.15, 0.2) is 8.68 Å². The van der Waals surface area contributed by atoms with E-state index in [0.29, 0.717) is 5.75 Å². The molecule has 3 aromatic rings. The average molecular weight is 398 g/mol. The number of amides is 1. The monoisotopic (exact) mass is 397 g/mol. The Morgan fingerprint density at radius 3 is 2.83 bits per heavy atom. The van der Waals surface area contributed by atoms with Gasteiger partial charge in [-0.25, -0.2) is 0 Å². The average Bonchev–Trinajstić information content (AvgIpc) is 3.33. The molecule has 0 saturated heterocycles. The first-order valence-corrected chi connectivity index (χ1v) is 10.8. The zero-order valence-corrected chi connectivity index (χ0v) is 16.1. The van der Waals surface area contributed by atoms with E-state index in [0.717, 1.165) is 20.2 Å². The van der Waals surface area contributed by atoms with Crippen molar-refractivity contribution in [2.75, 3.05) is 5.75 Å². The molecule has 24 heavy (non-hydrogen) atoms. The van der Waals surface area contributed by atoms with Crippen LogP contribution in [0.1, 0.15) is 23.6 Å². The van der Waals surface area contributed by atoms with Crippen LogP contribution in [0.15, 0.2) is 49.0 Å². The van der Waals surface area contributed by atoms with Gasteiger partial charge in [-0.05, 0) is 30.5 Å². The van der Waals surface area contributed by atoms with Gasteiger partial charge in [-0.1, -0.05) is 40.9 Å². The molecule has 0 aliphatic carbocycles. The normalized spacial score (nSPS) is 12.2. The number of rotatable bonds is 8. The Morgan fingerprint density at radius 1 is 1.29 bits per heavy atom. The van der Waals surface area contributed by atoms with E-state index >= 15 is 0 Å².